The van der Waals surface area contributed by atoms with E-state index in [1.807, 2.05) is 41.3 Å². The van der Waals surface area contributed by atoms with Gasteiger partial charge in [-0.05, 0) is 55.2 Å². The lowest BCUT2D eigenvalue weighted by molar-refractivity contribution is -0.122. The van der Waals surface area contributed by atoms with Gasteiger partial charge in [-0.2, -0.15) is 5.26 Å². The second-order valence-electron chi connectivity index (χ2n) is 8.03. The Bertz CT molecular complexity index is 949. The van der Waals surface area contributed by atoms with Crippen molar-refractivity contribution in [2.45, 2.75) is 25.3 Å². The van der Waals surface area contributed by atoms with Crippen molar-refractivity contribution in [3.8, 4) is 17.2 Å². The number of anilines is 2. The van der Waals surface area contributed by atoms with E-state index in [0.29, 0.717) is 5.56 Å². The summed E-state index contributed by atoms with van der Waals surface area (Å²) in [6.45, 7) is 4.60. The van der Waals surface area contributed by atoms with Gasteiger partial charge in [0.1, 0.15) is 18.4 Å². The summed E-state index contributed by atoms with van der Waals surface area (Å²) in [5, 5.41) is 14.8. The molecule has 0 spiro atoms. The third-order valence-corrected chi connectivity index (χ3v) is 6.09. The van der Waals surface area contributed by atoms with E-state index in [4.69, 9.17) is 5.26 Å². The summed E-state index contributed by atoms with van der Waals surface area (Å²) in [4.78, 5) is 16.9. The van der Waals surface area contributed by atoms with Crippen LogP contribution in [0.3, 0.4) is 0 Å². The molecule has 162 valence electrons. The molecule has 0 saturated carbocycles. The van der Waals surface area contributed by atoms with E-state index in [0.717, 1.165) is 68.9 Å². The molecule has 2 aliphatic heterocycles. The highest BCUT2D eigenvalue weighted by atomic mass is 19.1. The summed E-state index contributed by atoms with van der Waals surface area (Å²) in [7, 11) is 0. The van der Waals surface area contributed by atoms with Crippen molar-refractivity contribution >= 4 is 17.3 Å². The fourth-order valence-corrected chi connectivity index (χ4v) is 4.45. The van der Waals surface area contributed by atoms with Crippen LogP contribution in [0.25, 0.3) is 11.1 Å². The first kappa shape index (κ1) is 21.1. The number of piperazine rings is 1. The van der Waals surface area contributed by atoms with Crippen molar-refractivity contribution in [3.63, 3.8) is 0 Å². The zero-order chi connectivity index (χ0) is 21.6. The Kier molecular flexibility index (Phi) is 6.68. The predicted octanol–water partition coefficient (Wildman–Crippen LogP) is 2.90. The van der Waals surface area contributed by atoms with Gasteiger partial charge in [-0.25, -0.2) is 4.39 Å². The molecule has 6 nitrogen and oxygen atoms in total. The van der Waals surface area contributed by atoms with Gasteiger partial charge in [0.05, 0.1) is 6.07 Å². The zero-order valence-electron chi connectivity index (χ0n) is 17.6. The summed E-state index contributed by atoms with van der Waals surface area (Å²) in [5.74, 6) is -0.423. The number of carbonyl (C=O) groups is 1. The molecule has 2 fully saturated rings. The Hall–Kier alpha value is -3.11. The minimum Gasteiger partial charge on any atom is -0.369 e. The first-order chi connectivity index (χ1) is 15.2. The molecule has 2 heterocycles. The molecular weight excluding hydrogens is 393 g/mol. The summed E-state index contributed by atoms with van der Waals surface area (Å²) in [5.41, 5.74) is 3.33. The molecule has 0 aliphatic carbocycles. The average Bonchev–Trinajstić information content (AvgIpc) is 2.83. The number of carbonyl (C=O) groups excluding carboxylic acids is 1. The van der Waals surface area contributed by atoms with E-state index in [9.17, 15) is 9.18 Å². The number of halogens is 1. The van der Waals surface area contributed by atoms with Crippen LogP contribution in [0.15, 0.2) is 42.5 Å². The summed E-state index contributed by atoms with van der Waals surface area (Å²) in [6.07, 6.45) is 2.67. The Morgan fingerprint density at radius 2 is 1.84 bits per heavy atom. The third-order valence-electron chi connectivity index (χ3n) is 6.09. The SMILES string of the molecule is N#CCNC(=O)C1CCCCN1c1ccc(F)c(-c2ccc(N3CCNCC3)cc2)c1. The molecule has 1 unspecified atom stereocenters. The number of benzene rings is 2. The van der Waals surface area contributed by atoms with E-state index in [1.54, 1.807) is 6.07 Å². The van der Waals surface area contributed by atoms with Crippen LogP contribution in [-0.4, -0.2) is 51.2 Å². The number of piperidine rings is 1. The van der Waals surface area contributed by atoms with Crippen molar-refractivity contribution < 1.29 is 9.18 Å². The Labute approximate surface area is 182 Å². The van der Waals surface area contributed by atoms with Gasteiger partial charge >= 0.3 is 0 Å². The number of nitrogens with one attached hydrogen (secondary N) is 2. The van der Waals surface area contributed by atoms with Gasteiger partial charge in [0, 0.05) is 49.7 Å². The van der Waals surface area contributed by atoms with Crippen molar-refractivity contribution in [1.29, 1.82) is 5.26 Å². The molecule has 0 bridgehead atoms. The Morgan fingerprint density at radius 3 is 2.58 bits per heavy atom. The lowest BCUT2D eigenvalue weighted by atomic mass is 9.98. The number of rotatable bonds is 5. The van der Waals surface area contributed by atoms with Crippen LogP contribution in [0.2, 0.25) is 0 Å². The van der Waals surface area contributed by atoms with Crippen LogP contribution < -0.4 is 20.4 Å². The van der Waals surface area contributed by atoms with Crippen molar-refractivity contribution in [1.82, 2.24) is 10.6 Å². The monoisotopic (exact) mass is 421 g/mol. The van der Waals surface area contributed by atoms with Gasteiger partial charge in [-0.3, -0.25) is 4.79 Å². The normalized spacial score (nSPS) is 19.0. The molecule has 31 heavy (non-hydrogen) atoms. The number of amides is 1. The third kappa shape index (κ3) is 4.80. The van der Waals surface area contributed by atoms with Crippen molar-refractivity contribution in [2.24, 2.45) is 0 Å². The molecule has 2 N–H and O–H groups in total. The van der Waals surface area contributed by atoms with Crippen LogP contribution in [0, 0.1) is 17.1 Å². The number of nitrogens with zero attached hydrogens (tertiary/aromatic N) is 3. The molecule has 0 radical (unpaired) electrons. The number of nitriles is 1. The topological polar surface area (TPSA) is 71.4 Å². The van der Waals surface area contributed by atoms with Gasteiger partial charge in [0.2, 0.25) is 5.91 Å². The minimum atomic E-state index is -0.338. The van der Waals surface area contributed by atoms with E-state index in [1.165, 1.54) is 6.07 Å². The van der Waals surface area contributed by atoms with Crippen LogP contribution >= 0.6 is 0 Å². The summed E-state index contributed by atoms with van der Waals surface area (Å²) in [6, 6.07) is 14.7. The van der Waals surface area contributed by atoms with Crippen LogP contribution in [-0.2, 0) is 4.79 Å². The second-order valence-corrected chi connectivity index (χ2v) is 8.03. The van der Waals surface area contributed by atoms with Crippen molar-refractivity contribution in [3.05, 3.63) is 48.3 Å². The smallest absolute Gasteiger partial charge is 0.243 e. The van der Waals surface area contributed by atoms with Gasteiger partial charge in [0.15, 0.2) is 0 Å². The molecule has 2 aliphatic rings. The van der Waals surface area contributed by atoms with Crippen LogP contribution in [0.4, 0.5) is 15.8 Å². The average molecular weight is 422 g/mol. The standard InChI is InChI=1S/C24H28FN5O/c25-22-9-8-20(30-14-2-1-3-23(30)24(31)28-11-10-26)17-21(22)18-4-6-19(7-5-18)29-15-12-27-13-16-29/h4-9,17,23,27H,1-3,11-16H2,(H,28,31). The van der Waals surface area contributed by atoms with Crippen molar-refractivity contribution in [2.75, 3.05) is 49.1 Å². The maximum Gasteiger partial charge on any atom is 0.243 e. The Balaban J connectivity index is 1.57. The quantitative estimate of drug-likeness (QED) is 0.727. The molecule has 1 amide bonds. The minimum absolute atomic E-state index is 0.00271. The predicted molar refractivity (Wildman–Crippen MR) is 121 cm³/mol. The number of hydrogen-bond acceptors (Lipinski definition) is 5. The highest BCUT2D eigenvalue weighted by Crippen LogP contribution is 2.32. The first-order valence-corrected chi connectivity index (χ1v) is 10.9. The lowest BCUT2D eigenvalue weighted by Gasteiger charge is -2.36. The molecule has 0 aromatic heterocycles. The van der Waals surface area contributed by atoms with E-state index in [2.05, 4.69) is 15.5 Å². The second kappa shape index (κ2) is 9.80. The van der Waals surface area contributed by atoms with Gasteiger partial charge in [0.25, 0.3) is 0 Å². The van der Waals surface area contributed by atoms with Gasteiger partial charge in [-0.15, -0.1) is 0 Å². The van der Waals surface area contributed by atoms with E-state index in [-0.39, 0.29) is 24.3 Å². The first-order valence-electron chi connectivity index (χ1n) is 10.9. The maximum atomic E-state index is 14.7. The maximum absolute atomic E-state index is 14.7. The highest BCUT2D eigenvalue weighted by Gasteiger charge is 2.29. The lowest BCUT2D eigenvalue weighted by Crippen LogP contribution is -2.49. The summed E-state index contributed by atoms with van der Waals surface area (Å²) < 4.78 is 14.7. The van der Waals surface area contributed by atoms with E-state index < -0.39 is 0 Å². The molecule has 2 aromatic rings. The molecule has 1 atom stereocenters. The Morgan fingerprint density at radius 1 is 1.10 bits per heavy atom. The van der Waals surface area contributed by atoms with Gasteiger partial charge < -0.3 is 20.4 Å². The molecular formula is C24H28FN5O. The fraction of sp³-hybridized carbons (Fsp3) is 0.417. The molecule has 2 saturated heterocycles. The van der Waals surface area contributed by atoms with Crippen LogP contribution in [0.1, 0.15) is 19.3 Å². The molecule has 2 aromatic carbocycles. The zero-order valence-corrected chi connectivity index (χ0v) is 17.6. The van der Waals surface area contributed by atoms with Gasteiger partial charge in [-0.1, -0.05) is 12.1 Å². The van der Waals surface area contributed by atoms with E-state index >= 15 is 0 Å². The highest BCUT2D eigenvalue weighted by molar-refractivity contribution is 5.86. The largest absolute Gasteiger partial charge is 0.369 e. The summed E-state index contributed by atoms with van der Waals surface area (Å²) >= 11 is 0. The van der Waals surface area contributed by atoms with Crippen LogP contribution in [0.5, 0.6) is 0 Å². The molecule has 7 heteroatoms. The number of hydrogen-bond donors (Lipinski definition) is 2. The molecule has 4 rings (SSSR count). The fourth-order valence-electron chi connectivity index (χ4n) is 4.45.